The maximum absolute atomic E-state index is 5.65. The van der Waals surface area contributed by atoms with Crippen molar-refractivity contribution in [1.82, 2.24) is 0 Å². The average molecular weight is 328 g/mol. The van der Waals surface area contributed by atoms with Gasteiger partial charge in [-0.1, -0.05) is 24.3 Å². The van der Waals surface area contributed by atoms with Crippen molar-refractivity contribution >= 4 is 12.2 Å². The monoisotopic (exact) mass is 328 g/mol. The quantitative estimate of drug-likeness (QED) is 0.523. The second-order valence-corrected chi connectivity index (χ2v) is 5.19. The molecule has 0 amide bonds. The van der Waals surface area contributed by atoms with Crippen LogP contribution in [0.2, 0.25) is 0 Å². The zero-order valence-electron chi connectivity index (χ0n) is 14.6. The number of hydrogen-bond donors (Lipinski definition) is 0. The fraction of sp³-hybridized carbons (Fsp3) is 0.300. The molecular weight excluding hydrogens is 304 g/mol. The zero-order valence-corrected chi connectivity index (χ0v) is 14.6. The third-order valence-electron chi connectivity index (χ3n) is 3.43. The summed E-state index contributed by atoms with van der Waals surface area (Å²) in [6, 6.07) is 13.6. The Hall–Kier alpha value is -2.46. The third-order valence-corrected chi connectivity index (χ3v) is 3.43. The number of benzene rings is 2. The Morgan fingerprint density at radius 2 is 1.42 bits per heavy atom. The third kappa shape index (κ3) is 5.32. The minimum absolute atomic E-state index is 0.249. The Balaban J connectivity index is 2.06. The summed E-state index contributed by atoms with van der Waals surface area (Å²) in [5.74, 6) is 2.32. The molecule has 128 valence electrons. The Kier molecular flexibility index (Phi) is 6.70. The van der Waals surface area contributed by atoms with Crippen molar-refractivity contribution in [2.45, 2.75) is 20.1 Å². The van der Waals surface area contributed by atoms with E-state index in [2.05, 4.69) is 0 Å². The van der Waals surface area contributed by atoms with Gasteiger partial charge in [0.2, 0.25) is 0 Å². The lowest BCUT2D eigenvalue weighted by molar-refractivity contribution is -0.0613. The topological polar surface area (TPSA) is 36.9 Å². The summed E-state index contributed by atoms with van der Waals surface area (Å²) in [7, 11) is 3.29. The molecule has 24 heavy (non-hydrogen) atoms. The predicted octanol–water partition coefficient (Wildman–Crippen LogP) is 4.64. The van der Waals surface area contributed by atoms with Crippen LogP contribution in [0, 0.1) is 0 Å². The lowest BCUT2D eigenvalue weighted by Gasteiger charge is -2.14. The van der Waals surface area contributed by atoms with Gasteiger partial charge in [-0.15, -0.1) is 0 Å². The van der Waals surface area contributed by atoms with Gasteiger partial charge >= 0.3 is 0 Å². The lowest BCUT2D eigenvalue weighted by atomic mass is 10.1. The van der Waals surface area contributed by atoms with Crippen LogP contribution >= 0.6 is 0 Å². The van der Waals surface area contributed by atoms with Crippen LogP contribution in [0.3, 0.4) is 0 Å². The van der Waals surface area contributed by atoms with Crippen molar-refractivity contribution in [3.8, 4) is 17.2 Å². The van der Waals surface area contributed by atoms with Gasteiger partial charge in [-0.05, 0) is 49.2 Å². The molecule has 4 nitrogen and oxygen atoms in total. The molecule has 2 rings (SSSR count). The molecule has 0 heterocycles. The molecule has 0 radical (unpaired) electrons. The summed E-state index contributed by atoms with van der Waals surface area (Å²) in [6.07, 6.45) is 3.80. The highest BCUT2D eigenvalue weighted by Crippen LogP contribution is 2.24. The van der Waals surface area contributed by atoms with Crippen LogP contribution in [0.1, 0.15) is 25.0 Å². The van der Waals surface area contributed by atoms with Crippen LogP contribution in [-0.2, 0) is 4.74 Å². The zero-order chi connectivity index (χ0) is 17.4. The number of rotatable bonds is 8. The first-order valence-corrected chi connectivity index (χ1v) is 7.94. The molecule has 1 unspecified atom stereocenters. The highest BCUT2D eigenvalue weighted by molar-refractivity contribution is 5.71. The number of methoxy groups -OCH3 is 2. The molecule has 0 aliphatic carbocycles. The summed E-state index contributed by atoms with van der Waals surface area (Å²) in [5, 5.41) is 0. The number of ether oxygens (including phenoxy) is 4. The Labute approximate surface area is 143 Å². The molecule has 0 aromatic heterocycles. The molecule has 0 aliphatic rings. The summed E-state index contributed by atoms with van der Waals surface area (Å²) in [4.78, 5) is 0. The van der Waals surface area contributed by atoms with Crippen molar-refractivity contribution in [3.05, 3.63) is 53.6 Å². The molecular formula is C20H24O4. The standard InChI is InChI=1S/C20H24O4/c1-5-23-15(2)24-18-10-8-16(9-11-18)6-7-17-12-19(21-3)14-20(13-17)22-4/h6-15H,5H2,1-4H3. The van der Waals surface area contributed by atoms with E-state index in [1.165, 1.54) is 0 Å². The van der Waals surface area contributed by atoms with Gasteiger partial charge < -0.3 is 18.9 Å². The van der Waals surface area contributed by atoms with Crippen LogP contribution in [0.5, 0.6) is 17.2 Å². The first-order chi connectivity index (χ1) is 11.6. The van der Waals surface area contributed by atoms with Gasteiger partial charge in [-0.25, -0.2) is 0 Å². The van der Waals surface area contributed by atoms with E-state index < -0.39 is 0 Å². The summed E-state index contributed by atoms with van der Waals surface area (Å²) >= 11 is 0. The molecule has 2 aromatic rings. The van der Waals surface area contributed by atoms with Crippen molar-refractivity contribution in [3.63, 3.8) is 0 Å². The second kappa shape index (κ2) is 8.99. The molecule has 1 atom stereocenters. The van der Waals surface area contributed by atoms with Crippen LogP contribution < -0.4 is 14.2 Å². The Bertz CT molecular complexity index is 640. The van der Waals surface area contributed by atoms with Crippen molar-refractivity contribution < 1.29 is 18.9 Å². The van der Waals surface area contributed by atoms with E-state index in [1.54, 1.807) is 14.2 Å². The van der Waals surface area contributed by atoms with Crippen LogP contribution in [0.4, 0.5) is 0 Å². The van der Waals surface area contributed by atoms with Gasteiger partial charge in [0, 0.05) is 12.7 Å². The van der Waals surface area contributed by atoms with Crippen LogP contribution in [-0.4, -0.2) is 27.1 Å². The van der Waals surface area contributed by atoms with E-state index in [0.717, 1.165) is 28.4 Å². The predicted molar refractivity (Wildman–Crippen MR) is 96.6 cm³/mol. The first-order valence-electron chi connectivity index (χ1n) is 7.94. The van der Waals surface area contributed by atoms with E-state index in [1.807, 2.05) is 68.5 Å². The summed E-state index contributed by atoms with van der Waals surface area (Å²) in [5.41, 5.74) is 2.09. The second-order valence-electron chi connectivity index (χ2n) is 5.19. The molecule has 4 heteroatoms. The van der Waals surface area contributed by atoms with Crippen molar-refractivity contribution in [1.29, 1.82) is 0 Å². The van der Waals surface area contributed by atoms with Gasteiger partial charge in [0.05, 0.1) is 14.2 Å². The van der Waals surface area contributed by atoms with Crippen LogP contribution in [0.25, 0.3) is 12.2 Å². The molecule has 0 spiro atoms. The summed E-state index contributed by atoms with van der Waals surface area (Å²) < 4.78 is 21.6. The molecule has 0 bridgehead atoms. The SMILES string of the molecule is CCOC(C)Oc1ccc(C=Cc2cc(OC)cc(OC)c2)cc1. The van der Waals surface area contributed by atoms with E-state index in [9.17, 15) is 0 Å². The maximum Gasteiger partial charge on any atom is 0.196 e. The molecule has 2 aromatic carbocycles. The smallest absolute Gasteiger partial charge is 0.196 e. The molecule has 0 saturated carbocycles. The fourth-order valence-electron chi connectivity index (χ4n) is 2.24. The first kappa shape index (κ1) is 17.9. The maximum atomic E-state index is 5.65. The minimum Gasteiger partial charge on any atom is -0.497 e. The average Bonchev–Trinajstić information content (AvgIpc) is 2.61. The Morgan fingerprint density at radius 1 is 0.833 bits per heavy atom. The minimum atomic E-state index is -0.249. The lowest BCUT2D eigenvalue weighted by Crippen LogP contribution is -2.15. The van der Waals surface area contributed by atoms with E-state index in [4.69, 9.17) is 18.9 Å². The van der Waals surface area contributed by atoms with E-state index >= 15 is 0 Å². The van der Waals surface area contributed by atoms with Gasteiger partial charge in [0.25, 0.3) is 0 Å². The fourth-order valence-corrected chi connectivity index (χ4v) is 2.24. The summed E-state index contributed by atoms with van der Waals surface area (Å²) in [6.45, 7) is 4.46. The van der Waals surface area contributed by atoms with Gasteiger partial charge in [0.1, 0.15) is 17.2 Å². The Morgan fingerprint density at radius 3 is 1.96 bits per heavy atom. The molecule has 0 N–H and O–H groups in total. The van der Waals surface area contributed by atoms with E-state index in [-0.39, 0.29) is 6.29 Å². The highest BCUT2D eigenvalue weighted by atomic mass is 16.7. The molecule has 0 fully saturated rings. The number of hydrogen-bond acceptors (Lipinski definition) is 4. The largest absolute Gasteiger partial charge is 0.497 e. The van der Waals surface area contributed by atoms with Gasteiger partial charge in [0.15, 0.2) is 6.29 Å². The van der Waals surface area contributed by atoms with Crippen molar-refractivity contribution in [2.24, 2.45) is 0 Å². The van der Waals surface area contributed by atoms with Crippen LogP contribution in [0.15, 0.2) is 42.5 Å². The van der Waals surface area contributed by atoms with E-state index in [0.29, 0.717) is 6.61 Å². The normalized spacial score (nSPS) is 12.2. The highest BCUT2D eigenvalue weighted by Gasteiger charge is 2.02. The molecule has 0 aliphatic heterocycles. The molecule has 0 saturated heterocycles. The van der Waals surface area contributed by atoms with Crippen molar-refractivity contribution in [2.75, 3.05) is 20.8 Å². The van der Waals surface area contributed by atoms with Gasteiger partial charge in [-0.2, -0.15) is 0 Å². The van der Waals surface area contributed by atoms with Gasteiger partial charge in [-0.3, -0.25) is 0 Å².